The second kappa shape index (κ2) is 7.15. The van der Waals surface area contributed by atoms with Crippen molar-refractivity contribution in [2.45, 2.75) is 38.5 Å². The van der Waals surface area contributed by atoms with Crippen LogP contribution in [-0.2, 0) is 0 Å². The van der Waals surface area contributed by atoms with E-state index in [0.717, 1.165) is 22.9 Å². The summed E-state index contributed by atoms with van der Waals surface area (Å²) >= 11 is 12.3. The van der Waals surface area contributed by atoms with Crippen molar-refractivity contribution < 1.29 is 0 Å². The molecule has 0 aliphatic carbocycles. The summed E-state index contributed by atoms with van der Waals surface area (Å²) in [6, 6.07) is 16.3. The molecule has 106 valence electrons. The van der Waals surface area contributed by atoms with Crippen LogP contribution in [0.15, 0.2) is 48.5 Å². The van der Waals surface area contributed by atoms with E-state index in [4.69, 9.17) is 23.2 Å². The first-order valence-corrected chi connectivity index (χ1v) is 7.83. The van der Waals surface area contributed by atoms with Crippen molar-refractivity contribution in [2.24, 2.45) is 0 Å². The zero-order chi connectivity index (χ0) is 14.5. The van der Waals surface area contributed by atoms with E-state index in [1.54, 1.807) is 0 Å². The van der Waals surface area contributed by atoms with Crippen molar-refractivity contribution in [1.82, 2.24) is 0 Å². The highest BCUT2D eigenvalue weighted by atomic mass is 35.5. The average Bonchev–Trinajstić information content (AvgIpc) is 2.45. The molecular formula is C18H20Cl2. The second-order valence-corrected chi connectivity index (χ2v) is 6.30. The summed E-state index contributed by atoms with van der Waals surface area (Å²) in [7, 11) is 0. The highest BCUT2D eigenvalue weighted by Crippen LogP contribution is 2.31. The smallest absolute Gasteiger partial charge is 0.0440 e. The number of rotatable bonds is 5. The Bertz CT molecular complexity index is 563. The summed E-state index contributed by atoms with van der Waals surface area (Å²) in [5, 5.41) is 1.68. The summed E-state index contributed by atoms with van der Waals surface area (Å²) < 4.78 is 0. The van der Waals surface area contributed by atoms with Gasteiger partial charge in [0.15, 0.2) is 0 Å². The van der Waals surface area contributed by atoms with Crippen molar-refractivity contribution in [3.63, 3.8) is 0 Å². The summed E-state index contributed by atoms with van der Waals surface area (Å²) in [6.07, 6.45) is 2.25. The summed E-state index contributed by atoms with van der Waals surface area (Å²) in [5.74, 6) is 0.990. The molecule has 0 saturated heterocycles. The molecular weight excluding hydrogens is 287 g/mol. The quantitative estimate of drug-likeness (QED) is 0.578. The topological polar surface area (TPSA) is 0 Å². The van der Waals surface area contributed by atoms with E-state index in [1.165, 1.54) is 11.1 Å². The average molecular weight is 307 g/mol. The van der Waals surface area contributed by atoms with Crippen LogP contribution < -0.4 is 0 Å². The third-order valence-electron chi connectivity index (χ3n) is 3.89. The predicted molar refractivity (Wildman–Crippen MR) is 89.0 cm³/mol. The maximum absolute atomic E-state index is 6.25. The molecule has 2 atom stereocenters. The third kappa shape index (κ3) is 4.01. The van der Waals surface area contributed by atoms with Gasteiger partial charge < -0.3 is 0 Å². The summed E-state index contributed by atoms with van der Waals surface area (Å²) in [5.41, 5.74) is 2.55. The Morgan fingerprint density at radius 1 is 0.850 bits per heavy atom. The minimum absolute atomic E-state index is 0.477. The molecule has 0 amide bonds. The fourth-order valence-corrected chi connectivity index (χ4v) is 3.03. The Labute approximate surface area is 131 Å². The molecule has 2 unspecified atom stereocenters. The maximum atomic E-state index is 6.25. The molecule has 0 fully saturated rings. The van der Waals surface area contributed by atoms with Crippen molar-refractivity contribution >= 4 is 23.2 Å². The molecule has 2 rings (SSSR count). The largest absolute Gasteiger partial charge is 0.0843 e. The van der Waals surface area contributed by atoms with E-state index in [2.05, 4.69) is 38.1 Å². The van der Waals surface area contributed by atoms with Gasteiger partial charge in [0.05, 0.1) is 0 Å². The third-order valence-corrected chi connectivity index (χ3v) is 4.47. The lowest BCUT2D eigenvalue weighted by molar-refractivity contribution is 0.574. The second-order valence-electron chi connectivity index (χ2n) is 5.46. The van der Waals surface area contributed by atoms with Crippen LogP contribution in [0.4, 0.5) is 0 Å². The normalized spacial score (nSPS) is 14.0. The molecule has 0 radical (unpaired) electrons. The van der Waals surface area contributed by atoms with Crippen LogP contribution in [0.2, 0.25) is 10.0 Å². The fraction of sp³-hybridized carbons (Fsp3) is 0.333. The monoisotopic (exact) mass is 306 g/mol. The van der Waals surface area contributed by atoms with Crippen molar-refractivity contribution in [2.75, 3.05) is 0 Å². The van der Waals surface area contributed by atoms with Gasteiger partial charge in [0.25, 0.3) is 0 Å². The van der Waals surface area contributed by atoms with Gasteiger partial charge in [0.1, 0.15) is 0 Å². The molecule has 0 nitrogen and oxygen atoms in total. The number of halogens is 2. The minimum atomic E-state index is 0.477. The first kappa shape index (κ1) is 15.4. The van der Waals surface area contributed by atoms with Crippen LogP contribution in [0.1, 0.15) is 49.7 Å². The molecule has 0 spiro atoms. The molecule has 0 heterocycles. The zero-order valence-electron chi connectivity index (χ0n) is 11.9. The van der Waals surface area contributed by atoms with Gasteiger partial charge >= 0.3 is 0 Å². The van der Waals surface area contributed by atoms with E-state index in [-0.39, 0.29) is 0 Å². The van der Waals surface area contributed by atoms with Gasteiger partial charge in [-0.05, 0) is 54.0 Å². The lowest BCUT2D eigenvalue weighted by Crippen LogP contribution is -1.99. The molecule has 0 aliphatic rings. The molecule has 2 aromatic carbocycles. The van der Waals surface area contributed by atoms with E-state index in [9.17, 15) is 0 Å². The SMILES string of the molecule is CC(CCC(C)c1ccccc1Cl)c1cccc(Cl)c1. The van der Waals surface area contributed by atoms with Crippen LogP contribution in [0.5, 0.6) is 0 Å². The van der Waals surface area contributed by atoms with E-state index in [1.807, 2.05) is 24.3 Å². The van der Waals surface area contributed by atoms with E-state index in [0.29, 0.717) is 11.8 Å². The molecule has 0 aromatic heterocycles. The molecule has 0 aliphatic heterocycles. The van der Waals surface area contributed by atoms with Crippen molar-refractivity contribution in [3.8, 4) is 0 Å². The van der Waals surface area contributed by atoms with Gasteiger partial charge in [-0.25, -0.2) is 0 Å². The molecule has 0 bridgehead atoms. The number of hydrogen-bond acceptors (Lipinski definition) is 0. The van der Waals surface area contributed by atoms with Gasteiger partial charge in [-0.1, -0.05) is 67.4 Å². The van der Waals surface area contributed by atoms with Crippen LogP contribution in [-0.4, -0.2) is 0 Å². The molecule has 20 heavy (non-hydrogen) atoms. The lowest BCUT2D eigenvalue weighted by Gasteiger charge is -2.17. The Kier molecular flexibility index (Phi) is 5.51. The molecule has 0 saturated carbocycles. The fourth-order valence-electron chi connectivity index (χ4n) is 2.51. The Hall–Kier alpha value is -0.980. The highest BCUT2D eigenvalue weighted by Gasteiger charge is 2.12. The van der Waals surface area contributed by atoms with Gasteiger partial charge in [-0.3, -0.25) is 0 Å². The number of benzene rings is 2. The maximum Gasteiger partial charge on any atom is 0.0440 e. The predicted octanol–water partition coefficient (Wildman–Crippen LogP) is 6.68. The molecule has 0 N–H and O–H groups in total. The van der Waals surface area contributed by atoms with Gasteiger partial charge in [0, 0.05) is 10.0 Å². The van der Waals surface area contributed by atoms with Crippen molar-refractivity contribution in [3.05, 3.63) is 69.7 Å². The van der Waals surface area contributed by atoms with E-state index >= 15 is 0 Å². The van der Waals surface area contributed by atoms with E-state index < -0.39 is 0 Å². The van der Waals surface area contributed by atoms with Crippen molar-refractivity contribution in [1.29, 1.82) is 0 Å². The molecule has 2 heteroatoms. The van der Waals surface area contributed by atoms with Crippen LogP contribution in [0, 0.1) is 0 Å². The Morgan fingerprint density at radius 2 is 1.55 bits per heavy atom. The lowest BCUT2D eigenvalue weighted by atomic mass is 9.89. The summed E-state index contributed by atoms with van der Waals surface area (Å²) in [4.78, 5) is 0. The standard InChI is InChI=1S/C18H20Cl2/c1-13(15-6-5-7-16(19)12-15)10-11-14(2)17-8-3-4-9-18(17)20/h3-9,12-14H,10-11H2,1-2H3. The van der Waals surface area contributed by atoms with Crippen LogP contribution >= 0.6 is 23.2 Å². The highest BCUT2D eigenvalue weighted by molar-refractivity contribution is 6.31. The van der Waals surface area contributed by atoms with Crippen LogP contribution in [0.25, 0.3) is 0 Å². The first-order chi connectivity index (χ1) is 9.58. The van der Waals surface area contributed by atoms with Gasteiger partial charge in [-0.2, -0.15) is 0 Å². The minimum Gasteiger partial charge on any atom is -0.0843 e. The first-order valence-electron chi connectivity index (χ1n) is 7.08. The summed E-state index contributed by atoms with van der Waals surface area (Å²) in [6.45, 7) is 4.50. The molecule has 2 aromatic rings. The number of hydrogen-bond donors (Lipinski definition) is 0. The van der Waals surface area contributed by atoms with Crippen LogP contribution in [0.3, 0.4) is 0 Å². The Balaban J connectivity index is 1.97. The van der Waals surface area contributed by atoms with Gasteiger partial charge in [0.2, 0.25) is 0 Å². The zero-order valence-corrected chi connectivity index (χ0v) is 13.5. The Morgan fingerprint density at radius 3 is 2.25 bits per heavy atom. The van der Waals surface area contributed by atoms with Gasteiger partial charge in [-0.15, -0.1) is 0 Å².